The molecule has 3 rings (SSSR count). The molecular formula is C19H18N2O5S2. The average Bonchev–Trinajstić information content (AvgIpc) is 2.69. The van der Waals surface area contributed by atoms with Crippen LogP contribution in [0.4, 0.5) is 11.4 Å². The summed E-state index contributed by atoms with van der Waals surface area (Å²) in [5, 5.41) is 0. The van der Waals surface area contributed by atoms with Crippen molar-refractivity contribution in [2.45, 2.75) is 9.79 Å². The summed E-state index contributed by atoms with van der Waals surface area (Å²) in [6.07, 6.45) is 0. The number of nitrogens with one attached hydrogen (secondary N) is 2. The molecular weight excluding hydrogens is 400 g/mol. The maximum atomic E-state index is 12.5. The van der Waals surface area contributed by atoms with Gasteiger partial charge in [-0.1, -0.05) is 18.2 Å². The van der Waals surface area contributed by atoms with E-state index in [9.17, 15) is 16.8 Å². The van der Waals surface area contributed by atoms with Crippen LogP contribution in [0.5, 0.6) is 5.75 Å². The van der Waals surface area contributed by atoms with Gasteiger partial charge >= 0.3 is 0 Å². The van der Waals surface area contributed by atoms with Crippen molar-refractivity contribution in [2.24, 2.45) is 0 Å². The average molecular weight is 418 g/mol. The number of benzene rings is 3. The van der Waals surface area contributed by atoms with Crippen LogP contribution in [0.2, 0.25) is 0 Å². The standard InChI is InChI=1S/C19H18N2O5S2/c1-26-17-11-7-15(8-12-17)20-28(24,25)19-13-9-16(10-14-19)21-27(22,23)18-5-3-2-4-6-18/h2-14,20-21H,1H3. The Bertz CT molecular complexity index is 1140. The molecule has 28 heavy (non-hydrogen) atoms. The summed E-state index contributed by atoms with van der Waals surface area (Å²) in [4.78, 5) is 0.124. The zero-order valence-corrected chi connectivity index (χ0v) is 16.5. The summed E-state index contributed by atoms with van der Waals surface area (Å²) in [7, 11) is -6.04. The van der Waals surface area contributed by atoms with Crippen LogP contribution in [0.25, 0.3) is 0 Å². The van der Waals surface area contributed by atoms with Crippen molar-refractivity contribution < 1.29 is 21.6 Å². The normalized spacial score (nSPS) is 11.6. The fraction of sp³-hybridized carbons (Fsp3) is 0.0526. The number of hydrogen-bond donors (Lipinski definition) is 2. The quantitative estimate of drug-likeness (QED) is 0.613. The summed E-state index contributed by atoms with van der Waals surface area (Å²) in [6, 6.07) is 19.8. The van der Waals surface area contributed by atoms with Crippen LogP contribution in [0.15, 0.2) is 88.7 Å². The highest BCUT2D eigenvalue weighted by Gasteiger charge is 2.16. The molecule has 0 aromatic heterocycles. The second kappa shape index (κ2) is 7.91. The number of rotatable bonds is 7. The van der Waals surface area contributed by atoms with Gasteiger partial charge in [-0.05, 0) is 60.7 Å². The summed E-state index contributed by atoms with van der Waals surface area (Å²) in [5.41, 5.74) is 0.641. The van der Waals surface area contributed by atoms with Gasteiger partial charge in [-0.25, -0.2) is 16.8 Å². The van der Waals surface area contributed by atoms with E-state index in [1.165, 1.54) is 43.5 Å². The van der Waals surface area contributed by atoms with E-state index in [4.69, 9.17) is 4.74 Å². The van der Waals surface area contributed by atoms with Gasteiger partial charge in [0.25, 0.3) is 20.0 Å². The first-order chi connectivity index (χ1) is 13.3. The highest BCUT2D eigenvalue weighted by atomic mass is 32.2. The Balaban J connectivity index is 1.75. The molecule has 0 aliphatic heterocycles. The Morgan fingerprint density at radius 1 is 0.607 bits per heavy atom. The molecule has 0 saturated heterocycles. The van der Waals surface area contributed by atoms with Crippen LogP contribution in [0, 0.1) is 0 Å². The molecule has 0 fully saturated rings. The first kappa shape index (κ1) is 19.7. The van der Waals surface area contributed by atoms with E-state index in [2.05, 4.69) is 9.44 Å². The molecule has 0 atom stereocenters. The van der Waals surface area contributed by atoms with Crippen LogP contribution >= 0.6 is 0 Å². The number of hydrogen-bond acceptors (Lipinski definition) is 5. The van der Waals surface area contributed by atoms with Gasteiger partial charge in [0.2, 0.25) is 0 Å². The minimum atomic E-state index is -3.81. The third-order valence-electron chi connectivity index (χ3n) is 3.81. The zero-order chi connectivity index (χ0) is 20.2. The Hall–Kier alpha value is -3.04. The lowest BCUT2D eigenvalue weighted by molar-refractivity contribution is 0.415. The minimum absolute atomic E-state index is 0.00553. The van der Waals surface area contributed by atoms with Crippen molar-refractivity contribution in [1.29, 1.82) is 0 Å². The van der Waals surface area contributed by atoms with E-state index in [-0.39, 0.29) is 15.5 Å². The Morgan fingerprint density at radius 2 is 1.04 bits per heavy atom. The van der Waals surface area contributed by atoms with Crippen molar-refractivity contribution >= 4 is 31.4 Å². The molecule has 0 aliphatic carbocycles. The van der Waals surface area contributed by atoms with Gasteiger partial charge in [0, 0.05) is 11.4 Å². The smallest absolute Gasteiger partial charge is 0.261 e. The molecule has 2 N–H and O–H groups in total. The summed E-state index contributed by atoms with van der Waals surface area (Å²) in [5.74, 6) is 0.609. The molecule has 7 nitrogen and oxygen atoms in total. The first-order valence-corrected chi connectivity index (χ1v) is 11.1. The second-order valence-corrected chi connectivity index (χ2v) is 9.14. The van der Waals surface area contributed by atoms with Crippen LogP contribution < -0.4 is 14.2 Å². The van der Waals surface area contributed by atoms with Gasteiger partial charge in [-0.3, -0.25) is 9.44 Å². The summed E-state index contributed by atoms with van der Waals surface area (Å²) >= 11 is 0. The van der Waals surface area contributed by atoms with Gasteiger partial charge < -0.3 is 4.74 Å². The molecule has 0 amide bonds. The van der Waals surface area contributed by atoms with Crippen molar-refractivity contribution in [3.8, 4) is 5.75 Å². The lowest BCUT2D eigenvalue weighted by atomic mass is 10.3. The molecule has 146 valence electrons. The summed E-state index contributed by atoms with van der Waals surface area (Å²) in [6.45, 7) is 0. The number of anilines is 2. The van der Waals surface area contributed by atoms with E-state index in [1.807, 2.05) is 0 Å². The third-order valence-corrected chi connectivity index (χ3v) is 6.61. The van der Waals surface area contributed by atoms with E-state index >= 15 is 0 Å². The predicted octanol–water partition coefficient (Wildman–Crippen LogP) is 3.30. The topological polar surface area (TPSA) is 102 Å². The molecule has 0 unspecified atom stereocenters. The van der Waals surface area contributed by atoms with E-state index < -0.39 is 20.0 Å². The van der Waals surface area contributed by atoms with Crippen LogP contribution in [-0.4, -0.2) is 23.9 Å². The Kier molecular flexibility index (Phi) is 5.57. The second-order valence-electron chi connectivity index (χ2n) is 5.78. The highest BCUT2D eigenvalue weighted by molar-refractivity contribution is 7.93. The molecule has 3 aromatic carbocycles. The summed E-state index contributed by atoms with van der Waals surface area (Å²) < 4.78 is 59.5. The van der Waals surface area contributed by atoms with Gasteiger partial charge in [0.1, 0.15) is 5.75 Å². The number of sulfonamides is 2. The van der Waals surface area contributed by atoms with Crippen molar-refractivity contribution in [3.63, 3.8) is 0 Å². The van der Waals surface area contributed by atoms with E-state index in [0.29, 0.717) is 11.4 Å². The maximum Gasteiger partial charge on any atom is 0.261 e. The van der Waals surface area contributed by atoms with Gasteiger partial charge in [-0.15, -0.1) is 0 Å². The monoisotopic (exact) mass is 418 g/mol. The van der Waals surface area contributed by atoms with Gasteiger partial charge in [0.15, 0.2) is 0 Å². The van der Waals surface area contributed by atoms with Crippen LogP contribution in [0.1, 0.15) is 0 Å². The predicted molar refractivity (Wildman–Crippen MR) is 107 cm³/mol. The Morgan fingerprint density at radius 3 is 1.50 bits per heavy atom. The Labute approximate surface area is 164 Å². The van der Waals surface area contributed by atoms with Crippen molar-refractivity contribution in [1.82, 2.24) is 0 Å². The molecule has 0 aliphatic rings. The minimum Gasteiger partial charge on any atom is -0.497 e. The fourth-order valence-corrected chi connectivity index (χ4v) is 4.53. The zero-order valence-electron chi connectivity index (χ0n) is 14.9. The fourth-order valence-electron chi connectivity index (χ4n) is 2.39. The molecule has 0 spiro atoms. The lowest BCUT2D eigenvalue weighted by Crippen LogP contribution is -2.14. The molecule has 9 heteroatoms. The first-order valence-electron chi connectivity index (χ1n) is 8.15. The third kappa shape index (κ3) is 4.62. The van der Waals surface area contributed by atoms with Gasteiger partial charge in [0.05, 0.1) is 16.9 Å². The van der Waals surface area contributed by atoms with Crippen molar-refractivity contribution in [3.05, 3.63) is 78.9 Å². The van der Waals surface area contributed by atoms with E-state index in [1.54, 1.807) is 42.5 Å². The number of ether oxygens (including phenoxy) is 1. The highest BCUT2D eigenvalue weighted by Crippen LogP contribution is 2.22. The molecule has 0 bridgehead atoms. The molecule has 0 saturated carbocycles. The lowest BCUT2D eigenvalue weighted by Gasteiger charge is -2.11. The molecule has 0 radical (unpaired) electrons. The van der Waals surface area contributed by atoms with Crippen molar-refractivity contribution in [2.75, 3.05) is 16.6 Å². The van der Waals surface area contributed by atoms with Crippen LogP contribution in [0.3, 0.4) is 0 Å². The molecule has 3 aromatic rings. The SMILES string of the molecule is COc1ccc(NS(=O)(=O)c2ccc(NS(=O)(=O)c3ccccc3)cc2)cc1. The maximum absolute atomic E-state index is 12.5. The van der Waals surface area contributed by atoms with Gasteiger partial charge in [-0.2, -0.15) is 0 Å². The molecule has 0 heterocycles. The van der Waals surface area contributed by atoms with E-state index in [0.717, 1.165) is 0 Å². The number of methoxy groups -OCH3 is 1. The largest absolute Gasteiger partial charge is 0.497 e. The van der Waals surface area contributed by atoms with Crippen LogP contribution in [-0.2, 0) is 20.0 Å².